The Morgan fingerprint density at radius 3 is 2.59 bits per heavy atom. The zero-order valence-electron chi connectivity index (χ0n) is 11.5. The molecule has 0 spiro atoms. The molecule has 0 saturated heterocycles. The minimum atomic E-state index is -0.474. The Labute approximate surface area is 135 Å². The minimum Gasteiger partial charge on any atom is -0.464 e. The van der Waals surface area contributed by atoms with E-state index in [4.69, 9.17) is 27.9 Å². The summed E-state index contributed by atoms with van der Waals surface area (Å²) in [6, 6.07) is 6.91. The lowest BCUT2D eigenvalue weighted by Crippen LogP contribution is -2.21. The van der Waals surface area contributed by atoms with Gasteiger partial charge < -0.3 is 4.74 Å². The molecule has 0 radical (unpaired) electrons. The largest absolute Gasteiger partial charge is 0.464 e. The fourth-order valence-electron chi connectivity index (χ4n) is 1.96. The van der Waals surface area contributed by atoms with E-state index in [1.54, 1.807) is 24.3 Å². The van der Waals surface area contributed by atoms with Crippen LogP contribution in [-0.4, -0.2) is 26.1 Å². The van der Waals surface area contributed by atoms with Crippen molar-refractivity contribution in [3.63, 3.8) is 0 Å². The van der Waals surface area contributed by atoms with Gasteiger partial charge in [-0.05, 0) is 31.2 Å². The highest BCUT2D eigenvalue weighted by Gasteiger charge is 2.14. The summed E-state index contributed by atoms with van der Waals surface area (Å²) < 4.78 is 6.63. The molecule has 3 rings (SSSR count). The summed E-state index contributed by atoms with van der Waals surface area (Å²) in [6.07, 6.45) is 1.46. The van der Waals surface area contributed by atoms with Crippen molar-refractivity contribution < 1.29 is 4.74 Å². The maximum absolute atomic E-state index is 12.4. The quantitative estimate of drug-likeness (QED) is 0.735. The van der Waals surface area contributed by atoms with E-state index < -0.39 is 5.56 Å². The first-order valence-electron chi connectivity index (χ1n) is 6.44. The molecule has 3 aromatic rings. The number of halogens is 2. The molecule has 0 aliphatic rings. The van der Waals surface area contributed by atoms with Crippen LogP contribution >= 0.6 is 23.2 Å². The van der Waals surface area contributed by atoms with Crippen molar-refractivity contribution in [3.05, 3.63) is 51.0 Å². The van der Waals surface area contributed by atoms with Gasteiger partial charge in [-0.25, -0.2) is 9.97 Å². The van der Waals surface area contributed by atoms with Gasteiger partial charge in [-0.2, -0.15) is 4.98 Å². The van der Waals surface area contributed by atoms with Gasteiger partial charge in [-0.15, -0.1) is 0 Å². The topological polar surface area (TPSA) is 69.9 Å². The lowest BCUT2D eigenvalue weighted by atomic mass is 10.3. The van der Waals surface area contributed by atoms with E-state index >= 15 is 0 Å². The number of aromatic nitrogens is 4. The Balaban J connectivity index is 2.34. The molecule has 0 amide bonds. The molecule has 0 bridgehead atoms. The molecule has 0 saturated carbocycles. The maximum atomic E-state index is 12.4. The molecule has 0 aliphatic carbocycles. The fourth-order valence-corrected chi connectivity index (χ4v) is 2.27. The number of hydrogen-bond donors (Lipinski definition) is 0. The lowest BCUT2D eigenvalue weighted by molar-refractivity contribution is 0.313. The van der Waals surface area contributed by atoms with E-state index in [0.29, 0.717) is 28.5 Å². The average Bonchev–Trinajstić information content (AvgIpc) is 2.51. The molecule has 0 unspecified atom stereocenters. The van der Waals surface area contributed by atoms with Crippen LogP contribution in [0.25, 0.3) is 16.9 Å². The number of benzene rings is 1. The molecule has 2 aromatic heterocycles. The van der Waals surface area contributed by atoms with E-state index in [1.165, 1.54) is 10.8 Å². The van der Waals surface area contributed by atoms with Crippen molar-refractivity contribution in [2.75, 3.05) is 6.61 Å². The molecule has 6 nitrogen and oxygen atoms in total. The van der Waals surface area contributed by atoms with Crippen molar-refractivity contribution in [1.82, 2.24) is 19.5 Å². The van der Waals surface area contributed by atoms with Gasteiger partial charge >= 0.3 is 6.01 Å². The van der Waals surface area contributed by atoms with Crippen LogP contribution in [0.2, 0.25) is 10.2 Å². The SMILES string of the molecule is CCOc1ncc2nc(Cl)c(=O)n(-c3ccc(Cl)cc3)c2n1. The summed E-state index contributed by atoms with van der Waals surface area (Å²) in [4.78, 5) is 24.6. The van der Waals surface area contributed by atoms with Gasteiger partial charge in [0.1, 0.15) is 5.52 Å². The first kappa shape index (κ1) is 14.7. The molecule has 2 heterocycles. The fraction of sp³-hybridized carbons (Fsp3) is 0.143. The number of ether oxygens (including phenoxy) is 1. The Hall–Kier alpha value is -2.18. The van der Waals surface area contributed by atoms with E-state index in [-0.39, 0.29) is 11.2 Å². The lowest BCUT2D eigenvalue weighted by Gasteiger charge is -2.10. The van der Waals surface area contributed by atoms with Crippen molar-refractivity contribution in [2.24, 2.45) is 0 Å². The number of hydrogen-bond acceptors (Lipinski definition) is 5. The third-order valence-electron chi connectivity index (χ3n) is 2.90. The highest BCUT2D eigenvalue weighted by atomic mass is 35.5. The first-order valence-corrected chi connectivity index (χ1v) is 7.20. The number of nitrogens with zero attached hydrogens (tertiary/aromatic N) is 4. The van der Waals surface area contributed by atoms with Gasteiger partial charge in [0.2, 0.25) is 0 Å². The van der Waals surface area contributed by atoms with E-state index in [0.717, 1.165) is 0 Å². The van der Waals surface area contributed by atoms with Gasteiger partial charge in [-0.1, -0.05) is 23.2 Å². The summed E-state index contributed by atoms with van der Waals surface area (Å²) >= 11 is 11.8. The molecule has 0 N–H and O–H groups in total. The van der Waals surface area contributed by atoms with Crippen molar-refractivity contribution in [3.8, 4) is 11.7 Å². The highest BCUT2D eigenvalue weighted by molar-refractivity contribution is 6.30. The van der Waals surface area contributed by atoms with Gasteiger partial charge in [0.05, 0.1) is 18.5 Å². The Bertz CT molecular complexity index is 894. The standard InChI is InChI=1S/C14H10Cl2N4O2/c1-2-22-14-17-7-10-12(19-14)20(13(21)11(16)18-10)9-5-3-8(15)4-6-9/h3-7H,2H2,1H3. The zero-order chi connectivity index (χ0) is 15.7. The van der Waals surface area contributed by atoms with Crippen LogP contribution < -0.4 is 10.3 Å². The molecule has 1 aromatic carbocycles. The summed E-state index contributed by atoms with van der Waals surface area (Å²) in [5, 5.41) is 0.404. The van der Waals surface area contributed by atoms with Crippen molar-refractivity contribution >= 4 is 34.4 Å². The molecule has 8 heteroatoms. The molecule has 0 atom stereocenters. The third kappa shape index (κ3) is 2.63. The van der Waals surface area contributed by atoms with Crippen molar-refractivity contribution in [1.29, 1.82) is 0 Å². The third-order valence-corrected chi connectivity index (χ3v) is 3.39. The van der Waals surface area contributed by atoms with Crippen LogP contribution in [-0.2, 0) is 0 Å². The van der Waals surface area contributed by atoms with Crippen LogP contribution in [0, 0.1) is 0 Å². The van der Waals surface area contributed by atoms with Crippen LogP contribution in [0.3, 0.4) is 0 Å². The number of rotatable bonds is 3. The minimum absolute atomic E-state index is 0.157. The van der Waals surface area contributed by atoms with Crippen LogP contribution in [0.15, 0.2) is 35.3 Å². The average molecular weight is 337 g/mol. The second-order valence-corrected chi connectivity index (χ2v) is 5.11. The summed E-state index contributed by atoms with van der Waals surface area (Å²) in [5.41, 5.74) is 0.806. The van der Waals surface area contributed by atoms with Gasteiger partial charge in [0.15, 0.2) is 10.8 Å². The van der Waals surface area contributed by atoms with Gasteiger partial charge in [0.25, 0.3) is 5.56 Å². The van der Waals surface area contributed by atoms with Crippen LogP contribution in [0.4, 0.5) is 0 Å². The smallest absolute Gasteiger partial charge is 0.318 e. The maximum Gasteiger partial charge on any atom is 0.318 e. The molecular weight excluding hydrogens is 327 g/mol. The molecule has 0 fully saturated rings. The van der Waals surface area contributed by atoms with Crippen molar-refractivity contribution in [2.45, 2.75) is 6.92 Å². The summed E-state index contributed by atoms with van der Waals surface area (Å²) in [7, 11) is 0. The molecule has 0 aliphatic heterocycles. The monoisotopic (exact) mass is 336 g/mol. The van der Waals surface area contributed by atoms with E-state index in [2.05, 4.69) is 15.0 Å². The normalized spacial score (nSPS) is 10.9. The summed E-state index contributed by atoms with van der Waals surface area (Å²) in [5.74, 6) is 0. The zero-order valence-corrected chi connectivity index (χ0v) is 13.0. The van der Waals surface area contributed by atoms with E-state index in [1.807, 2.05) is 6.92 Å². The number of fused-ring (bicyclic) bond motifs is 1. The molecule has 22 heavy (non-hydrogen) atoms. The Morgan fingerprint density at radius 1 is 1.18 bits per heavy atom. The molecular formula is C14H10Cl2N4O2. The Kier molecular flexibility index (Phi) is 3.96. The molecule has 112 valence electrons. The predicted octanol–water partition coefficient (Wildman–Crippen LogP) is 2.88. The van der Waals surface area contributed by atoms with Crippen LogP contribution in [0.5, 0.6) is 6.01 Å². The highest BCUT2D eigenvalue weighted by Crippen LogP contribution is 2.18. The van der Waals surface area contributed by atoms with Crippen LogP contribution in [0.1, 0.15) is 6.92 Å². The van der Waals surface area contributed by atoms with Gasteiger partial charge in [-0.3, -0.25) is 9.36 Å². The van der Waals surface area contributed by atoms with Gasteiger partial charge in [0, 0.05) is 5.02 Å². The van der Waals surface area contributed by atoms with E-state index in [9.17, 15) is 4.79 Å². The summed E-state index contributed by atoms with van der Waals surface area (Å²) in [6.45, 7) is 2.23. The first-order chi connectivity index (χ1) is 10.6. The predicted molar refractivity (Wildman–Crippen MR) is 84.1 cm³/mol. The Morgan fingerprint density at radius 2 is 1.91 bits per heavy atom. The second kappa shape index (κ2) is 5.90. The second-order valence-electron chi connectivity index (χ2n) is 4.31.